The molecule has 0 aromatic heterocycles. The van der Waals surface area contributed by atoms with Crippen LogP contribution in [0.2, 0.25) is 0 Å². The van der Waals surface area contributed by atoms with E-state index in [4.69, 9.17) is 0 Å². The van der Waals surface area contributed by atoms with Crippen LogP contribution in [0.4, 0.5) is 0 Å². The molecule has 0 saturated heterocycles. The van der Waals surface area contributed by atoms with Gasteiger partial charge in [-0.15, -0.1) is 0 Å². The molecule has 0 aromatic rings. The van der Waals surface area contributed by atoms with Crippen LogP contribution < -0.4 is 0 Å². The Balaban J connectivity index is 4.28. The van der Waals surface area contributed by atoms with Crippen LogP contribution in [0.3, 0.4) is 0 Å². The van der Waals surface area contributed by atoms with Gasteiger partial charge in [-0.3, -0.25) is 0 Å². The molecule has 0 bridgehead atoms. The lowest BCUT2D eigenvalue weighted by atomic mass is 10.1. The van der Waals surface area contributed by atoms with E-state index in [-0.39, 0.29) is 0 Å². The lowest BCUT2D eigenvalue weighted by molar-refractivity contribution is 0.548. The van der Waals surface area contributed by atoms with E-state index in [0.717, 1.165) is 0 Å². The molecule has 0 N–H and O–H groups in total. The molecule has 0 spiro atoms. The molecule has 0 heterocycles. The van der Waals surface area contributed by atoms with Crippen molar-refractivity contribution in [2.24, 2.45) is 0 Å². The molecule has 0 nitrogen and oxygen atoms in total. The van der Waals surface area contributed by atoms with E-state index in [9.17, 15) is 0 Å². The molecule has 0 radical (unpaired) electrons. The van der Waals surface area contributed by atoms with Crippen molar-refractivity contribution >= 4 is 15.2 Å². The Morgan fingerprint density at radius 1 is 0.324 bits per heavy atom. The van der Waals surface area contributed by atoms with Gasteiger partial charge < -0.3 is 0 Å². The highest BCUT2D eigenvalue weighted by Gasteiger charge is 2.35. The predicted molar refractivity (Wildman–Crippen MR) is 168 cm³/mol. The standard InChI is InChI=1S/C32H69P2/c1-5-9-13-17-18-19-20-21-22-23-24-25-29-33-34(30-26-14-10-6-2,31-27-15-11-7-3)32-28-16-12-8-4/h33H,5-32H2,1-4H3/q+1. The zero-order valence-corrected chi connectivity index (χ0v) is 26.6. The van der Waals surface area contributed by atoms with Crippen molar-refractivity contribution in [1.82, 2.24) is 0 Å². The summed E-state index contributed by atoms with van der Waals surface area (Å²) in [6.07, 6.45) is 42.1. The van der Waals surface area contributed by atoms with Crippen LogP contribution in [-0.4, -0.2) is 24.6 Å². The normalized spacial score (nSPS) is 12.4. The highest BCUT2D eigenvalue weighted by atomic mass is 32.1. The Bertz CT molecular complexity index is 337. The number of hydrogen-bond donors (Lipinski definition) is 0. The van der Waals surface area contributed by atoms with Crippen molar-refractivity contribution in [2.75, 3.05) is 24.6 Å². The van der Waals surface area contributed by atoms with Crippen molar-refractivity contribution in [3.05, 3.63) is 0 Å². The Hall–Kier alpha value is 0.860. The van der Waals surface area contributed by atoms with Crippen molar-refractivity contribution in [2.45, 2.75) is 182 Å². The van der Waals surface area contributed by atoms with E-state index in [0.29, 0.717) is 0 Å². The molecular formula is C32H69P2+. The second kappa shape index (κ2) is 28.4. The van der Waals surface area contributed by atoms with Crippen molar-refractivity contribution in [3.63, 3.8) is 0 Å². The summed E-state index contributed by atoms with van der Waals surface area (Å²) in [4.78, 5) is 0. The number of rotatable bonds is 29. The fourth-order valence-corrected chi connectivity index (χ4v) is 14.6. The van der Waals surface area contributed by atoms with Crippen molar-refractivity contribution < 1.29 is 0 Å². The van der Waals surface area contributed by atoms with Gasteiger partial charge in [0.2, 0.25) is 0 Å². The molecule has 1 unspecified atom stereocenters. The van der Waals surface area contributed by atoms with E-state index >= 15 is 0 Å². The maximum atomic E-state index is 2.37. The first-order valence-electron chi connectivity index (χ1n) is 16.4. The van der Waals surface area contributed by atoms with Gasteiger partial charge >= 0.3 is 0 Å². The third kappa shape index (κ3) is 23.3. The van der Waals surface area contributed by atoms with Crippen LogP contribution in [-0.2, 0) is 0 Å². The van der Waals surface area contributed by atoms with E-state index in [1.807, 2.05) is 0 Å². The molecular weight excluding hydrogens is 446 g/mol. The Morgan fingerprint density at radius 2 is 0.588 bits per heavy atom. The molecule has 0 saturated carbocycles. The van der Waals surface area contributed by atoms with E-state index in [1.54, 1.807) is 43.9 Å². The zero-order valence-electron chi connectivity index (χ0n) is 24.7. The quantitative estimate of drug-likeness (QED) is 0.0686. The van der Waals surface area contributed by atoms with Gasteiger partial charge in [0.1, 0.15) is 0 Å². The summed E-state index contributed by atoms with van der Waals surface area (Å²) in [7, 11) is 1.35. The molecule has 0 aliphatic heterocycles. The van der Waals surface area contributed by atoms with Gasteiger partial charge in [-0.05, 0) is 44.9 Å². The van der Waals surface area contributed by atoms with Gasteiger partial charge in [0, 0.05) is 21.4 Å². The Morgan fingerprint density at radius 3 is 0.912 bits per heavy atom. The van der Waals surface area contributed by atoms with E-state index in [2.05, 4.69) is 27.7 Å². The van der Waals surface area contributed by atoms with Crippen LogP contribution >= 0.6 is 15.2 Å². The smallest absolute Gasteiger partial charge is 0.0614 e. The van der Waals surface area contributed by atoms with Gasteiger partial charge in [-0.25, -0.2) is 0 Å². The molecule has 0 amide bonds. The number of hydrogen-bond acceptors (Lipinski definition) is 0. The first-order chi connectivity index (χ1) is 16.7. The maximum Gasteiger partial charge on any atom is 0.0614 e. The maximum absolute atomic E-state index is 2.37. The molecule has 0 aliphatic rings. The van der Waals surface area contributed by atoms with Gasteiger partial charge in [0.15, 0.2) is 0 Å². The lowest BCUT2D eigenvalue weighted by Gasteiger charge is -2.28. The van der Waals surface area contributed by atoms with Crippen molar-refractivity contribution in [3.8, 4) is 0 Å². The first-order valence-corrected chi connectivity index (χ1v) is 20.7. The van der Waals surface area contributed by atoms with Gasteiger partial charge in [0.05, 0.1) is 18.5 Å². The summed E-state index contributed by atoms with van der Waals surface area (Å²) in [5.41, 5.74) is 0. The summed E-state index contributed by atoms with van der Waals surface area (Å²) < 4.78 is 0. The van der Waals surface area contributed by atoms with Crippen LogP contribution in [0.1, 0.15) is 182 Å². The van der Waals surface area contributed by atoms with Gasteiger partial charge in [-0.1, -0.05) is 137 Å². The highest BCUT2D eigenvalue weighted by Crippen LogP contribution is 2.75. The summed E-state index contributed by atoms with van der Waals surface area (Å²) in [6.45, 7) is 8.75. The summed E-state index contributed by atoms with van der Waals surface area (Å²) in [6, 6.07) is 0. The lowest BCUT2D eigenvalue weighted by Crippen LogP contribution is -2.06. The van der Waals surface area contributed by atoms with Gasteiger partial charge in [0.25, 0.3) is 0 Å². The Labute approximate surface area is 221 Å². The second-order valence-electron chi connectivity index (χ2n) is 11.3. The molecule has 0 rings (SSSR count). The molecule has 206 valence electrons. The zero-order chi connectivity index (χ0) is 25.0. The predicted octanol–water partition coefficient (Wildman–Crippen LogP) is 13.0. The number of unbranched alkanes of at least 4 members (excludes halogenated alkanes) is 20. The molecule has 0 aromatic carbocycles. The van der Waals surface area contributed by atoms with E-state index in [1.165, 1.54) is 143 Å². The van der Waals surface area contributed by atoms with Gasteiger partial charge in [-0.2, -0.15) is 0 Å². The van der Waals surface area contributed by atoms with Crippen LogP contribution in [0.25, 0.3) is 0 Å². The second-order valence-corrected chi connectivity index (χ2v) is 19.5. The minimum Gasteiger partial charge on any atom is -0.0654 e. The minimum atomic E-state index is -0.671. The fourth-order valence-electron chi connectivity index (χ4n) is 5.38. The van der Waals surface area contributed by atoms with Crippen LogP contribution in [0.5, 0.6) is 0 Å². The first kappa shape index (κ1) is 34.9. The largest absolute Gasteiger partial charge is 0.0654 e. The molecule has 0 aliphatic carbocycles. The van der Waals surface area contributed by atoms with E-state index < -0.39 is 6.95 Å². The molecule has 0 fully saturated rings. The SMILES string of the molecule is CCCCCCCCCCCCCCP[P+](CCCCCC)(CCCCCC)CCCCCC. The highest BCUT2D eigenvalue weighted by molar-refractivity contribution is 8.31. The summed E-state index contributed by atoms with van der Waals surface area (Å²) in [5, 5.41) is 0. The van der Waals surface area contributed by atoms with Crippen LogP contribution in [0.15, 0.2) is 0 Å². The Kier molecular flexibility index (Phi) is 29.2. The molecule has 34 heavy (non-hydrogen) atoms. The summed E-state index contributed by atoms with van der Waals surface area (Å²) >= 11 is 0. The minimum absolute atomic E-state index is 0.671. The fraction of sp³-hybridized carbons (Fsp3) is 1.00. The molecule has 1 atom stereocenters. The monoisotopic (exact) mass is 515 g/mol. The topological polar surface area (TPSA) is 0 Å². The third-order valence-electron chi connectivity index (χ3n) is 7.80. The third-order valence-corrected chi connectivity index (χ3v) is 17.3. The average molecular weight is 516 g/mol. The van der Waals surface area contributed by atoms with Crippen LogP contribution in [0, 0.1) is 0 Å². The molecule has 2 heteroatoms. The van der Waals surface area contributed by atoms with Crippen molar-refractivity contribution in [1.29, 1.82) is 0 Å². The summed E-state index contributed by atoms with van der Waals surface area (Å²) in [5.74, 6) is 0. The average Bonchev–Trinajstić information content (AvgIpc) is 2.85.